The van der Waals surface area contributed by atoms with Gasteiger partial charge in [-0.1, -0.05) is 31.5 Å². The third-order valence-corrected chi connectivity index (χ3v) is 5.95. The third kappa shape index (κ3) is 4.89. The van der Waals surface area contributed by atoms with E-state index in [1.54, 1.807) is 32.0 Å². The van der Waals surface area contributed by atoms with Crippen LogP contribution in [0.3, 0.4) is 0 Å². The minimum Gasteiger partial charge on any atom is -0.454 e. The summed E-state index contributed by atoms with van der Waals surface area (Å²) < 4.78 is 38.1. The van der Waals surface area contributed by atoms with Gasteiger partial charge >= 0.3 is 0 Å². The van der Waals surface area contributed by atoms with E-state index in [2.05, 4.69) is 15.6 Å². The Morgan fingerprint density at radius 1 is 0.967 bits per heavy atom. The van der Waals surface area contributed by atoms with Crippen LogP contribution in [-0.2, 0) is 14.8 Å². The standard InChI is InChI=1S/C20H23N3O6S/c1-12(2)18(23-30(26,27)15-7-4-13(3)5-8-15)20(25)22-21-19(24)14-6-9-16-17(10-14)29-11-28-16/h4-10,12,18,23H,11H2,1-3H3,(H,21,24)(H,22,25)/t18-/m0/s1. The van der Waals surface area contributed by atoms with Gasteiger partial charge in [-0.3, -0.25) is 20.4 Å². The summed E-state index contributed by atoms with van der Waals surface area (Å²) in [6.07, 6.45) is 0. The van der Waals surface area contributed by atoms with E-state index in [9.17, 15) is 18.0 Å². The highest BCUT2D eigenvalue weighted by Gasteiger charge is 2.29. The minimum absolute atomic E-state index is 0.0518. The van der Waals surface area contributed by atoms with Crippen molar-refractivity contribution in [2.75, 3.05) is 6.79 Å². The predicted molar refractivity (Wildman–Crippen MR) is 108 cm³/mol. The van der Waals surface area contributed by atoms with E-state index in [4.69, 9.17) is 9.47 Å². The molecule has 0 bridgehead atoms. The zero-order chi connectivity index (χ0) is 21.9. The minimum atomic E-state index is -3.92. The summed E-state index contributed by atoms with van der Waals surface area (Å²) in [4.78, 5) is 24.9. The number of hydrogen-bond acceptors (Lipinski definition) is 6. The number of carbonyl (C=O) groups is 2. The summed E-state index contributed by atoms with van der Waals surface area (Å²) in [5.74, 6) is -0.672. The zero-order valence-electron chi connectivity index (χ0n) is 16.8. The molecule has 0 aliphatic carbocycles. The highest BCUT2D eigenvalue weighted by Crippen LogP contribution is 2.32. The summed E-state index contributed by atoms with van der Waals surface area (Å²) in [7, 11) is -3.92. The molecule has 160 valence electrons. The second-order valence-electron chi connectivity index (χ2n) is 7.17. The molecule has 0 unspecified atom stereocenters. The van der Waals surface area contributed by atoms with Crippen LogP contribution in [0.25, 0.3) is 0 Å². The van der Waals surface area contributed by atoms with Gasteiger partial charge in [0.1, 0.15) is 6.04 Å². The number of hydrogen-bond donors (Lipinski definition) is 3. The maximum absolute atomic E-state index is 12.6. The number of hydrazine groups is 1. The molecule has 1 atom stereocenters. The quantitative estimate of drug-likeness (QED) is 0.593. The van der Waals surface area contributed by atoms with Crippen LogP contribution in [0, 0.1) is 12.8 Å². The molecular formula is C20H23N3O6S. The Bertz CT molecular complexity index is 1050. The lowest BCUT2D eigenvalue weighted by Gasteiger charge is -2.21. The lowest BCUT2D eigenvalue weighted by Crippen LogP contribution is -2.54. The van der Waals surface area contributed by atoms with Crippen molar-refractivity contribution in [3.05, 3.63) is 53.6 Å². The van der Waals surface area contributed by atoms with E-state index in [-0.39, 0.29) is 23.2 Å². The van der Waals surface area contributed by atoms with Crippen molar-refractivity contribution < 1.29 is 27.5 Å². The predicted octanol–water partition coefficient (Wildman–Crippen LogP) is 1.49. The second-order valence-corrected chi connectivity index (χ2v) is 8.88. The number of sulfonamides is 1. The molecule has 0 saturated heterocycles. The first-order chi connectivity index (χ1) is 14.2. The highest BCUT2D eigenvalue weighted by molar-refractivity contribution is 7.89. The summed E-state index contributed by atoms with van der Waals surface area (Å²) in [6, 6.07) is 9.79. The van der Waals surface area contributed by atoms with Gasteiger partial charge in [-0.2, -0.15) is 4.72 Å². The van der Waals surface area contributed by atoms with Crippen molar-refractivity contribution in [2.24, 2.45) is 5.92 Å². The van der Waals surface area contributed by atoms with Crippen molar-refractivity contribution in [3.8, 4) is 11.5 Å². The molecule has 2 aromatic rings. The number of amides is 2. The van der Waals surface area contributed by atoms with Crippen LogP contribution in [0.2, 0.25) is 0 Å². The lowest BCUT2D eigenvalue weighted by molar-refractivity contribution is -0.124. The fourth-order valence-corrected chi connectivity index (χ4v) is 4.10. The first-order valence-corrected chi connectivity index (χ1v) is 10.7. The average molecular weight is 433 g/mol. The van der Waals surface area contributed by atoms with E-state index in [0.29, 0.717) is 11.5 Å². The Morgan fingerprint density at radius 2 is 1.63 bits per heavy atom. The molecular weight excluding hydrogens is 410 g/mol. The molecule has 0 radical (unpaired) electrons. The van der Waals surface area contributed by atoms with Crippen molar-refractivity contribution in [1.29, 1.82) is 0 Å². The number of nitrogens with one attached hydrogen (secondary N) is 3. The molecule has 0 fully saturated rings. The lowest BCUT2D eigenvalue weighted by atomic mass is 10.1. The monoisotopic (exact) mass is 433 g/mol. The van der Waals surface area contributed by atoms with E-state index in [1.165, 1.54) is 24.3 Å². The summed E-state index contributed by atoms with van der Waals surface area (Å²) in [6.45, 7) is 5.31. The molecule has 2 amide bonds. The highest BCUT2D eigenvalue weighted by atomic mass is 32.2. The summed E-state index contributed by atoms with van der Waals surface area (Å²) >= 11 is 0. The van der Waals surface area contributed by atoms with Gasteiger partial charge in [0.2, 0.25) is 16.8 Å². The van der Waals surface area contributed by atoms with Crippen molar-refractivity contribution >= 4 is 21.8 Å². The Morgan fingerprint density at radius 3 is 2.30 bits per heavy atom. The fraction of sp³-hybridized carbons (Fsp3) is 0.300. The van der Waals surface area contributed by atoms with Crippen molar-refractivity contribution in [3.63, 3.8) is 0 Å². The topological polar surface area (TPSA) is 123 Å². The fourth-order valence-electron chi connectivity index (χ4n) is 2.75. The zero-order valence-corrected chi connectivity index (χ0v) is 17.6. The Hall–Kier alpha value is -3.11. The Balaban J connectivity index is 1.65. The van der Waals surface area contributed by atoms with Crippen LogP contribution in [0.15, 0.2) is 47.4 Å². The van der Waals surface area contributed by atoms with Crippen LogP contribution in [0.1, 0.15) is 29.8 Å². The van der Waals surface area contributed by atoms with E-state index in [0.717, 1.165) is 5.56 Å². The number of ether oxygens (including phenoxy) is 2. The molecule has 10 heteroatoms. The van der Waals surface area contributed by atoms with Gasteiger partial charge in [0.25, 0.3) is 11.8 Å². The van der Waals surface area contributed by atoms with E-state index in [1.807, 2.05) is 6.92 Å². The molecule has 1 aliphatic heterocycles. The maximum atomic E-state index is 12.6. The first-order valence-electron chi connectivity index (χ1n) is 9.26. The molecule has 3 N–H and O–H groups in total. The van der Waals surface area contributed by atoms with Gasteiger partial charge in [-0.25, -0.2) is 8.42 Å². The molecule has 0 spiro atoms. The van der Waals surface area contributed by atoms with Gasteiger partial charge in [0, 0.05) is 5.56 Å². The number of carbonyl (C=O) groups excluding carboxylic acids is 2. The molecule has 1 aliphatic rings. The van der Waals surface area contributed by atoms with Crippen molar-refractivity contribution in [2.45, 2.75) is 31.7 Å². The molecule has 0 aromatic heterocycles. The van der Waals surface area contributed by atoms with Crippen LogP contribution in [0.4, 0.5) is 0 Å². The molecule has 30 heavy (non-hydrogen) atoms. The molecule has 1 heterocycles. The molecule has 9 nitrogen and oxygen atoms in total. The molecule has 0 saturated carbocycles. The van der Waals surface area contributed by atoms with Crippen LogP contribution < -0.4 is 25.0 Å². The third-order valence-electron chi connectivity index (χ3n) is 4.50. The van der Waals surface area contributed by atoms with Crippen LogP contribution >= 0.6 is 0 Å². The largest absolute Gasteiger partial charge is 0.454 e. The summed E-state index contributed by atoms with van der Waals surface area (Å²) in [5.41, 5.74) is 5.73. The molecule has 3 rings (SSSR count). The SMILES string of the molecule is Cc1ccc(S(=O)(=O)N[C@H](C(=O)NNC(=O)c2ccc3c(c2)OCO3)C(C)C)cc1. The number of benzene rings is 2. The number of rotatable bonds is 6. The van der Waals surface area contributed by atoms with Crippen LogP contribution in [0.5, 0.6) is 11.5 Å². The van der Waals surface area contributed by atoms with Gasteiger partial charge in [-0.05, 0) is 43.2 Å². The van der Waals surface area contributed by atoms with Gasteiger partial charge in [-0.15, -0.1) is 0 Å². The van der Waals surface area contributed by atoms with Crippen LogP contribution in [-0.4, -0.2) is 33.1 Å². The smallest absolute Gasteiger partial charge is 0.269 e. The second kappa shape index (κ2) is 8.72. The number of fused-ring (bicyclic) bond motifs is 1. The maximum Gasteiger partial charge on any atom is 0.269 e. The van der Waals surface area contributed by atoms with Gasteiger partial charge in [0.05, 0.1) is 4.90 Å². The van der Waals surface area contributed by atoms with Gasteiger partial charge < -0.3 is 9.47 Å². The summed E-state index contributed by atoms with van der Waals surface area (Å²) in [5, 5.41) is 0. The molecule has 2 aromatic carbocycles. The van der Waals surface area contributed by atoms with E-state index >= 15 is 0 Å². The first kappa shape index (κ1) is 21.6. The Labute approximate surface area is 174 Å². The Kier molecular flexibility index (Phi) is 6.28. The van der Waals surface area contributed by atoms with Crippen molar-refractivity contribution in [1.82, 2.24) is 15.6 Å². The van der Waals surface area contributed by atoms with Gasteiger partial charge in [0.15, 0.2) is 11.5 Å². The average Bonchev–Trinajstić information content (AvgIpc) is 3.18. The normalized spacial score (nSPS) is 13.7. The number of aryl methyl sites for hydroxylation is 1. The van der Waals surface area contributed by atoms with E-state index < -0.39 is 27.9 Å².